The van der Waals surface area contributed by atoms with E-state index >= 15 is 0 Å². The van der Waals surface area contributed by atoms with Gasteiger partial charge in [0.1, 0.15) is 5.76 Å². The Bertz CT molecular complexity index is 1270. The number of aromatic nitrogens is 1. The molecule has 4 rings (SSSR count). The molecule has 1 atom stereocenters. The molecule has 0 saturated carbocycles. The SMILES string of the molecule is CCN(CC)CCN1C(=O)C(=O)/C(=C(\O)c2c[nH]c3ccccc23)C1c1ccc(OC)c(OC)c1. The molecule has 0 spiro atoms. The average Bonchev–Trinajstić information content (AvgIpc) is 3.43. The van der Waals surface area contributed by atoms with Crippen molar-refractivity contribution in [2.24, 2.45) is 0 Å². The van der Waals surface area contributed by atoms with Crippen molar-refractivity contribution in [2.45, 2.75) is 19.9 Å². The normalized spacial score (nSPS) is 17.5. The monoisotopic (exact) mass is 477 g/mol. The van der Waals surface area contributed by atoms with E-state index in [9.17, 15) is 14.7 Å². The number of aliphatic hydroxyl groups excluding tert-OH is 1. The smallest absolute Gasteiger partial charge is 0.295 e. The third kappa shape index (κ3) is 4.37. The van der Waals surface area contributed by atoms with E-state index in [1.807, 2.05) is 24.3 Å². The van der Waals surface area contributed by atoms with Gasteiger partial charge >= 0.3 is 0 Å². The number of nitrogens with one attached hydrogen (secondary N) is 1. The number of carbonyl (C=O) groups excluding carboxylic acids is 2. The second-order valence-electron chi connectivity index (χ2n) is 8.38. The number of methoxy groups -OCH3 is 2. The first-order valence-electron chi connectivity index (χ1n) is 11.7. The molecule has 8 nitrogen and oxygen atoms in total. The minimum absolute atomic E-state index is 0.0616. The topological polar surface area (TPSA) is 95.1 Å². The first kappa shape index (κ1) is 24.3. The number of Topliss-reactive ketones (excluding diaryl/α,β-unsaturated/α-hetero) is 1. The second kappa shape index (κ2) is 10.2. The van der Waals surface area contributed by atoms with Crippen molar-refractivity contribution in [3.63, 3.8) is 0 Å². The summed E-state index contributed by atoms with van der Waals surface area (Å²) < 4.78 is 10.8. The third-order valence-electron chi connectivity index (χ3n) is 6.66. The summed E-state index contributed by atoms with van der Waals surface area (Å²) in [5.41, 5.74) is 2.02. The molecular formula is C27H31N3O5. The van der Waals surface area contributed by atoms with Gasteiger partial charge in [-0.25, -0.2) is 0 Å². The number of hydrogen-bond donors (Lipinski definition) is 2. The molecule has 3 aromatic rings. The molecule has 1 aliphatic heterocycles. The Morgan fingerprint density at radius 1 is 1.06 bits per heavy atom. The van der Waals surface area contributed by atoms with Gasteiger partial charge in [-0.2, -0.15) is 0 Å². The van der Waals surface area contributed by atoms with Crippen LogP contribution in [-0.2, 0) is 9.59 Å². The highest BCUT2D eigenvalue weighted by atomic mass is 16.5. The van der Waals surface area contributed by atoms with Crippen LogP contribution in [0.1, 0.15) is 31.0 Å². The van der Waals surface area contributed by atoms with Crippen LogP contribution in [0.3, 0.4) is 0 Å². The van der Waals surface area contributed by atoms with E-state index in [4.69, 9.17) is 9.47 Å². The molecule has 2 heterocycles. The van der Waals surface area contributed by atoms with Crippen LogP contribution in [0.25, 0.3) is 16.7 Å². The molecule has 0 aliphatic carbocycles. The molecule has 35 heavy (non-hydrogen) atoms. The number of aromatic amines is 1. The van der Waals surface area contributed by atoms with Gasteiger partial charge in [-0.15, -0.1) is 0 Å². The largest absolute Gasteiger partial charge is 0.507 e. The van der Waals surface area contributed by atoms with Crippen LogP contribution >= 0.6 is 0 Å². The molecular weight excluding hydrogens is 446 g/mol. The van der Waals surface area contributed by atoms with Gasteiger partial charge in [-0.3, -0.25) is 9.59 Å². The minimum Gasteiger partial charge on any atom is -0.507 e. The highest BCUT2D eigenvalue weighted by molar-refractivity contribution is 6.46. The van der Waals surface area contributed by atoms with Crippen LogP contribution in [-0.4, -0.2) is 72.0 Å². The van der Waals surface area contributed by atoms with Crippen molar-refractivity contribution in [1.29, 1.82) is 0 Å². The Kier molecular flexibility index (Phi) is 7.12. The van der Waals surface area contributed by atoms with Crippen LogP contribution in [0.15, 0.2) is 54.2 Å². The van der Waals surface area contributed by atoms with Gasteiger partial charge in [0.15, 0.2) is 11.5 Å². The quantitative estimate of drug-likeness (QED) is 0.275. The molecule has 184 valence electrons. The number of carbonyl (C=O) groups is 2. The Morgan fingerprint density at radius 2 is 1.77 bits per heavy atom. The van der Waals surface area contributed by atoms with Crippen LogP contribution in [0, 0.1) is 0 Å². The van der Waals surface area contributed by atoms with Crippen LogP contribution in [0.5, 0.6) is 11.5 Å². The molecule has 1 aliphatic rings. The Morgan fingerprint density at radius 3 is 2.46 bits per heavy atom. The fraction of sp³-hybridized carbons (Fsp3) is 0.333. The summed E-state index contributed by atoms with van der Waals surface area (Å²) in [5, 5.41) is 12.2. The van der Waals surface area contributed by atoms with E-state index in [0.29, 0.717) is 35.7 Å². The minimum atomic E-state index is -0.765. The zero-order valence-electron chi connectivity index (χ0n) is 20.5. The first-order chi connectivity index (χ1) is 16.9. The Hall–Kier alpha value is -3.78. The molecule has 1 unspecified atom stereocenters. The molecule has 1 amide bonds. The van der Waals surface area contributed by atoms with Crippen LogP contribution in [0.2, 0.25) is 0 Å². The van der Waals surface area contributed by atoms with Crippen LogP contribution in [0.4, 0.5) is 0 Å². The number of H-pyrrole nitrogens is 1. The maximum absolute atomic E-state index is 13.3. The molecule has 2 aromatic carbocycles. The van der Waals surface area contributed by atoms with Crippen molar-refractivity contribution in [3.05, 3.63) is 65.4 Å². The number of amides is 1. The van der Waals surface area contributed by atoms with Gasteiger partial charge in [-0.05, 0) is 36.9 Å². The van der Waals surface area contributed by atoms with Gasteiger partial charge in [0.2, 0.25) is 0 Å². The van der Waals surface area contributed by atoms with Gasteiger partial charge < -0.3 is 29.4 Å². The van der Waals surface area contributed by atoms with Crippen LogP contribution < -0.4 is 9.47 Å². The zero-order valence-corrected chi connectivity index (χ0v) is 20.5. The lowest BCUT2D eigenvalue weighted by molar-refractivity contribution is -0.140. The number of aliphatic hydroxyl groups is 1. The maximum atomic E-state index is 13.3. The number of nitrogens with zero attached hydrogens (tertiary/aromatic N) is 2. The molecule has 8 heteroatoms. The standard InChI is InChI=1S/C27H31N3O5/c1-5-29(6-2)13-14-30-24(17-11-12-21(34-3)22(15-17)35-4)23(26(32)27(30)33)25(31)19-16-28-20-10-8-7-9-18(19)20/h7-12,15-16,24,28,31H,5-6,13-14H2,1-4H3/b25-23-. The number of hydrogen-bond acceptors (Lipinski definition) is 6. The second-order valence-corrected chi connectivity index (χ2v) is 8.38. The number of benzene rings is 2. The number of likely N-dealkylation sites (N-methyl/N-ethyl adjacent to an activating group) is 1. The number of ketones is 1. The van der Waals surface area contributed by atoms with E-state index in [1.54, 1.807) is 36.4 Å². The maximum Gasteiger partial charge on any atom is 0.295 e. The van der Waals surface area contributed by atoms with E-state index in [1.165, 1.54) is 7.11 Å². The molecule has 1 fully saturated rings. The molecule has 1 aromatic heterocycles. The summed E-state index contributed by atoms with van der Waals surface area (Å²) in [4.78, 5) is 33.5. The van der Waals surface area contributed by atoms with E-state index < -0.39 is 17.7 Å². The number of fused-ring (bicyclic) bond motifs is 1. The van der Waals surface area contributed by atoms with Crippen molar-refractivity contribution in [1.82, 2.24) is 14.8 Å². The molecule has 0 bridgehead atoms. The van der Waals surface area contributed by atoms with Crippen molar-refractivity contribution < 1.29 is 24.2 Å². The van der Waals surface area contributed by atoms with Gasteiger partial charge in [0, 0.05) is 35.8 Å². The number of rotatable bonds is 9. The lowest BCUT2D eigenvalue weighted by Gasteiger charge is -2.28. The summed E-state index contributed by atoms with van der Waals surface area (Å²) in [6.45, 7) is 6.72. The summed E-state index contributed by atoms with van der Waals surface area (Å²) in [5.74, 6) is -0.518. The molecule has 2 N–H and O–H groups in total. The van der Waals surface area contributed by atoms with Gasteiger partial charge in [-0.1, -0.05) is 38.1 Å². The van der Waals surface area contributed by atoms with Crippen molar-refractivity contribution in [3.8, 4) is 11.5 Å². The number of ether oxygens (including phenoxy) is 2. The zero-order chi connectivity index (χ0) is 25.1. The average molecular weight is 478 g/mol. The van der Waals surface area contributed by atoms with Crippen molar-refractivity contribution >= 4 is 28.4 Å². The van der Waals surface area contributed by atoms with Gasteiger partial charge in [0.25, 0.3) is 11.7 Å². The molecule has 1 saturated heterocycles. The summed E-state index contributed by atoms with van der Waals surface area (Å²) in [6, 6.07) is 12.0. The fourth-order valence-corrected chi connectivity index (χ4v) is 4.68. The van der Waals surface area contributed by atoms with Crippen molar-refractivity contribution in [2.75, 3.05) is 40.4 Å². The van der Waals surface area contributed by atoms with E-state index in [2.05, 4.69) is 23.7 Å². The Labute approximate surface area is 204 Å². The fourth-order valence-electron chi connectivity index (χ4n) is 4.68. The number of para-hydroxylation sites is 1. The van der Waals surface area contributed by atoms with E-state index in [0.717, 1.165) is 24.0 Å². The first-order valence-corrected chi connectivity index (χ1v) is 11.7. The van der Waals surface area contributed by atoms with E-state index in [-0.39, 0.29) is 11.3 Å². The number of likely N-dealkylation sites (tertiary alicyclic amines) is 1. The summed E-state index contributed by atoms with van der Waals surface area (Å²) >= 11 is 0. The lowest BCUT2D eigenvalue weighted by Crippen LogP contribution is -2.38. The predicted molar refractivity (Wildman–Crippen MR) is 135 cm³/mol. The molecule has 0 radical (unpaired) electrons. The highest BCUT2D eigenvalue weighted by Gasteiger charge is 2.46. The lowest BCUT2D eigenvalue weighted by atomic mass is 9.95. The highest BCUT2D eigenvalue weighted by Crippen LogP contribution is 2.42. The Balaban J connectivity index is 1.87. The van der Waals surface area contributed by atoms with Gasteiger partial charge in [0.05, 0.1) is 25.8 Å². The predicted octanol–water partition coefficient (Wildman–Crippen LogP) is 3.95. The third-order valence-corrected chi connectivity index (χ3v) is 6.66. The summed E-state index contributed by atoms with van der Waals surface area (Å²) in [6.07, 6.45) is 1.66. The summed E-state index contributed by atoms with van der Waals surface area (Å²) in [7, 11) is 3.08.